The molecule has 0 radical (unpaired) electrons. The minimum absolute atomic E-state index is 0.264. The lowest BCUT2D eigenvalue weighted by Gasteiger charge is -2.14. The highest BCUT2D eigenvalue weighted by molar-refractivity contribution is 7.80. The molecule has 19 heavy (non-hydrogen) atoms. The third kappa shape index (κ3) is 3.18. The Labute approximate surface area is 127 Å². The van der Waals surface area contributed by atoms with Crippen molar-refractivity contribution in [3.63, 3.8) is 0 Å². The number of hydrogen-bond acceptors (Lipinski definition) is 2. The molecule has 0 aliphatic carbocycles. The van der Waals surface area contributed by atoms with E-state index >= 15 is 0 Å². The third-order valence-corrected chi connectivity index (χ3v) is 3.47. The first kappa shape index (κ1) is 14.1. The summed E-state index contributed by atoms with van der Waals surface area (Å²) in [4.78, 5) is 0.264. The lowest BCUT2D eigenvalue weighted by Crippen LogP contribution is -2.12. The molecular formula is C14H12Cl2N2S. The van der Waals surface area contributed by atoms with Crippen LogP contribution in [0.3, 0.4) is 0 Å². The van der Waals surface area contributed by atoms with E-state index in [0.717, 1.165) is 16.9 Å². The van der Waals surface area contributed by atoms with Gasteiger partial charge in [-0.1, -0.05) is 41.5 Å². The van der Waals surface area contributed by atoms with Crippen LogP contribution in [0, 0.1) is 6.92 Å². The number of thiocarbonyl (C=S) groups is 1. The Hall–Kier alpha value is -1.29. The molecule has 0 aliphatic rings. The van der Waals surface area contributed by atoms with Gasteiger partial charge in [-0.25, -0.2) is 0 Å². The van der Waals surface area contributed by atoms with Crippen LogP contribution < -0.4 is 11.1 Å². The van der Waals surface area contributed by atoms with Crippen molar-refractivity contribution in [2.45, 2.75) is 6.92 Å². The summed E-state index contributed by atoms with van der Waals surface area (Å²) < 4.78 is 0. The van der Waals surface area contributed by atoms with Crippen LogP contribution >= 0.6 is 35.4 Å². The molecule has 0 amide bonds. The second-order valence-electron chi connectivity index (χ2n) is 4.11. The van der Waals surface area contributed by atoms with E-state index in [0.29, 0.717) is 15.6 Å². The molecule has 0 saturated carbocycles. The number of nitrogens with two attached hydrogens (primary N) is 1. The molecular weight excluding hydrogens is 299 g/mol. The normalized spacial score (nSPS) is 10.3. The fraction of sp³-hybridized carbons (Fsp3) is 0.0714. The highest BCUT2D eigenvalue weighted by atomic mass is 35.5. The zero-order chi connectivity index (χ0) is 14.0. The molecule has 5 heteroatoms. The summed E-state index contributed by atoms with van der Waals surface area (Å²) >= 11 is 17.1. The van der Waals surface area contributed by atoms with E-state index in [4.69, 9.17) is 41.2 Å². The van der Waals surface area contributed by atoms with Crippen LogP contribution in [0.2, 0.25) is 10.0 Å². The molecule has 98 valence electrons. The van der Waals surface area contributed by atoms with Gasteiger partial charge in [0.2, 0.25) is 0 Å². The Balaban J connectivity index is 2.44. The lowest BCUT2D eigenvalue weighted by atomic mass is 10.1. The first-order valence-corrected chi connectivity index (χ1v) is 6.77. The van der Waals surface area contributed by atoms with E-state index in [1.165, 1.54) is 0 Å². The van der Waals surface area contributed by atoms with Crippen molar-refractivity contribution < 1.29 is 0 Å². The SMILES string of the molecule is Cc1cc(Cl)ccc1Nc1cccc(Cl)c1C(N)=S. The van der Waals surface area contributed by atoms with Gasteiger partial charge in [0.1, 0.15) is 4.99 Å². The molecule has 2 aromatic rings. The number of anilines is 2. The predicted octanol–water partition coefficient (Wildman–Crippen LogP) is 4.68. The van der Waals surface area contributed by atoms with Gasteiger partial charge in [0.05, 0.1) is 16.3 Å². The minimum atomic E-state index is 0.264. The van der Waals surface area contributed by atoms with E-state index in [-0.39, 0.29) is 4.99 Å². The Morgan fingerprint density at radius 2 is 1.89 bits per heavy atom. The molecule has 0 spiro atoms. The van der Waals surface area contributed by atoms with E-state index in [2.05, 4.69) is 5.32 Å². The quantitative estimate of drug-likeness (QED) is 0.808. The van der Waals surface area contributed by atoms with Crippen molar-refractivity contribution in [1.29, 1.82) is 0 Å². The standard InChI is InChI=1S/C14H12Cl2N2S/c1-8-7-9(15)5-6-11(8)18-12-4-2-3-10(16)13(12)14(17)19/h2-7,18H,1H3,(H2,17,19). The molecule has 2 aromatic carbocycles. The lowest BCUT2D eigenvalue weighted by molar-refractivity contribution is 1.42. The van der Waals surface area contributed by atoms with Gasteiger partial charge in [-0.15, -0.1) is 0 Å². The van der Waals surface area contributed by atoms with Gasteiger partial charge in [-0.3, -0.25) is 0 Å². The molecule has 0 unspecified atom stereocenters. The molecule has 0 bridgehead atoms. The van der Waals surface area contributed by atoms with Crippen molar-refractivity contribution >= 4 is 51.8 Å². The van der Waals surface area contributed by atoms with E-state index in [1.807, 2.05) is 37.3 Å². The monoisotopic (exact) mass is 310 g/mol. The largest absolute Gasteiger partial charge is 0.389 e. The summed E-state index contributed by atoms with van der Waals surface area (Å²) in [5.41, 5.74) is 9.11. The molecule has 2 nitrogen and oxygen atoms in total. The van der Waals surface area contributed by atoms with Crippen molar-refractivity contribution in [3.05, 3.63) is 57.6 Å². The van der Waals surface area contributed by atoms with Gasteiger partial charge in [-0.05, 0) is 42.8 Å². The second kappa shape index (κ2) is 5.78. The number of halogens is 2. The van der Waals surface area contributed by atoms with Crippen LogP contribution in [0.1, 0.15) is 11.1 Å². The smallest absolute Gasteiger partial charge is 0.107 e. The maximum absolute atomic E-state index is 6.13. The molecule has 0 aliphatic heterocycles. The zero-order valence-electron chi connectivity index (χ0n) is 10.2. The van der Waals surface area contributed by atoms with E-state index < -0.39 is 0 Å². The van der Waals surface area contributed by atoms with Crippen molar-refractivity contribution in [2.75, 3.05) is 5.32 Å². The first-order chi connectivity index (χ1) is 8.99. The zero-order valence-corrected chi connectivity index (χ0v) is 12.5. The molecule has 3 N–H and O–H groups in total. The van der Waals surface area contributed by atoms with Crippen LogP contribution in [-0.4, -0.2) is 4.99 Å². The number of nitrogens with one attached hydrogen (secondary N) is 1. The van der Waals surface area contributed by atoms with Crippen molar-refractivity contribution in [2.24, 2.45) is 5.73 Å². The highest BCUT2D eigenvalue weighted by Gasteiger charge is 2.10. The summed E-state index contributed by atoms with van der Waals surface area (Å²) in [6.45, 7) is 1.97. The summed E-state index contributed by atoms with van der Waals surface area (Å²) in [6, 6.07) is 11.1. The van der Waals surface area contributed by atoms with Gasteiger partial charge in [0.25, 0.3) is 0 Å². The summed E-state index contributed by atoms with van der Waals surface area (Å²) in [5, 5.41) is 4.51. The molecule has 0 fully saturated rings. The van der Waals surface area contributed by atoms with Crippen molar-refractivity contribution in [3.8, 4) is 0 Å². The van der Waals surface area contributed by atoms with Gasteiger partial charge in [0.15, 0.2) is 0 Å². The first-order valence-electron chi connectivity index (χ1n) is 5.60. The average Bonchev–Trinajstić information content (AvgIpc) is 2.32. The molecule has 0 heterocycles. The maximum Gasteiger partial charge on any atom is 0.107 e. The molecule has 2 rings (SSSR count). The van der Waals surface area contributed by atoms with Crippen LogP contribution in [-0.2, 0) is 0 Å². The van der Waals surface area contributed by atoms with Gasteiger partial charge in [0, 0.05) is 10.7 Å². The van der Waals surface area contributed by atoms with E-state index in [9.17, 15) is 0 Å². The van der Waals surface area contributed by atoms with Crippen LogP contribution in [0.25, 0.3) is 0 Å². The summed E-state index contributed by atoms with van der Waals surface area (Å²) in [5.74, 6) is 0. The summed E-state index contributed by atoms with van der Waals surface area (Å²) in [7, 11) is 0. The average molecular weight is 311 g/mol. The van der Waals surface area contributed by atoms with Crippen LogP contribution in [0.15, 0.2) is 36.4 Å². The summed E-state index contributed by atoms with van der Waals surface area (Å²) in [6.07, 6.45) is 0. The second-order valence-corrected chi connectivity index (χ2v) is 5.39. The Morgan fingerprint density at radius 1 is 1.16 bits per heavy atom. The fourth-order valence-electron chi connectivity index (χ4n) is 1.79. The number of benzene rings is 2. The highest BCUT2D eigenvalue weighted by Crippen LogP contribution is 2.29. The molecule has 0 aromatic heterocycles. The number of rotatable bonds is 3. The number of hydrogen-bond donors (Lipinski definition) is 2. The number of aryl methyl sites for hydroxylation is 1. The third-order valence-electron chi connectivity index (χ3n) is 2.72. The Kier molecular flexibility index (Phi) is 4.30. The Bertz CT molecular complexity index is 641. The van der Waals surface area contributed by atoms with Crippen LogP contribution in [0.4, 0.5) is 11.4 Å². The predicted molar refractivity (Wildman–Crippen MR) is 86.8 cm³/mol. The van der Waals surface area contributed by atoms with Gasteiger partial charge in [-0.2, -0.15) is 0 Å². The topological polar surface area (TPSA) is 38.0 Å². The van der Waals surface area contributed by atoms with E-state index in [1.54, 1.807) is 6.07 Å². The van der Waals surface area contributed by atoms with Crippen molar-refractivity contribution in [1.82, 2.24) is 0 Å². The minimum Gasteiger partial charge on any atom is -0.389 e. The fourth-order valence-corrected chi connectivity index (χ4v) is 2.57. The maximum atomic E-state index is 6.13. The molecule has 0 atom stereocenters. The molecule has 0 saturated heterocycles. The van der Waals surface area contributed by atoms with Gasteiger partial charge >= 0.3 is 0 Å². The Morgan fingerprint density at radius 3 is 2.53 bits per heavy atom. The van der Waals surface area contributed by atoms with Gasteiger partial charge < -0.3 is 11.1 Å². The van der Waals surface area contributed by atoms with Crippen LogP contribution in [0.5, 0.6) is 0 Å².